The van der Waals surface area contributed by atoms with E-state index in [1.165, 1.54) is 0 Å². The monoisotopic (exact) mass is 536 g/mol. The maximum atomic E-state index is 13.8. The minimum atomic E-state index is -0.657. The minimum Gasteiger partial charge on any atom is -0.497 e. The molecule has 0 radical (unpaired) electrons. The van der Waals surface area contributed by atoms with Gasteiger partial charge in [0.05, 0.1) is 19.1 Å². The Balaban J connectivity index is 1.48. The number of aryl methyl sites for hydroxylation is 1. The molecular formula is C30H37ClN4O3. The zero-order valence-electron chi connectivity index (χ0n) is 22.2. The number of hydrogen-bond acceptors (Lipinski definition) is 4. The third kappa shape index (κ3) is 6.76. The van der Waals surface area contributed by atoms with Crippen LogP contribution in [0.2, 0.25) is 5.02 Å². The molecule has 2 aromatic carbocycles. The van der Waals surface area contributed by atoms with Gasteiger partial charge < -0.3 is 19.9 Å². The molecule has 38 heavy (non-hydrogen) atoms. The zero-order valence-corrected chi connectivity index (χ0v) is 23.0. The van der Waals surface area contributed by atoms with Crippen molar-refractivity contribution in [2.45, 2.75) is 63.3 Å². The van der Waals surface area contributed by atoms with Crippen LogP contribution in [0.4, 0.5) is 0 Å². The Morgan fingerprint density at radius 2 is 1.92 bits per heavy atom. The molecule has 202 valence electrons. The number of nitrogens with zero attached hydrogens (tertiary/aromatic N) is 2. The fourth-order valence-electron chi connectivity index (χ4n) is 5.26. The molecule has 1 saturated heterocycles. The molecule has 1 unspecified atom stereocenters. The summed E-state index contributed by atoms with van der Waals surface area (Å²) in [7, 11) is 1.62. The van der Waals surface area contributed by atoms with Crippen molar-refractivity contribution in [2.24, 2.45) is 0 Å². The number of ether oxygens (including phenoxy) is 1. The summed E-state index contributed by atoms with van der Waals surface area (Å²) in [4.78, 5) is 35.6. The van der Waals surface area contributed by atoms with Gasteiger partial charge in [0.25, 0.3) is 0 Å². The Labute approximate surface area is 229 Å². The Morgan fingerprint density at radius 3 is 2.58 bits per heavy atom. The largest absolute Gasteiger partial charge is 0.497 e. The average molecular weight is 537 g/mol. The molecule has 4 rings (SSSR count). The number of aromatic nitrogens is 2. The van der Waals surface area contributed by atoms with Crippen molar-refractivity contribution < 1.29 is 14.3 Å². The normalized spacial score (nSPS) is 15.0. The summed E-state index contributed by atoms with van der Waals surface area (Å²) in [6, 6.07) is 14.9. The first-order valence-corrected chi connectivity index (χ1v) is 13.8. The SMILES string of the molecule is CCCCCC1(c2ccccc2Cl)CN(C(=O)C(Cc2ccc(OC)cc2)NC(=O)CCc2c[nH]cn2)C1. The first-order chi connectivity index (χ1) is 18.4. The van der Waals surface area contributed by atoms with E-state index in [1.54, 1.807) is 19.6 Å². The van der Waals surface area contributed by atoms with Gasteiger partial charge in [0.1, 0.15) is 11.8 Å². The molecule has 1 aliphatic heterocycles. The number of hydrogen-bond donors (Lipinski definition) is 2. The van der Waals surface area contributed by atoms with Gasteiger partial charge in [-0.1, -0.05) is 68.1 Å². The highest BCUT2D eigenvalue weighted by Crippen LogP contribution is 2.42. The topological polar surface area (TPSA) is 87.3 Å². The van der Waals surface area contributed by atoms with Crippen molar-refractivity contribution in [1.29, 1.82) is 0 Å². The first-order valence-electron chi connectivity index (χ1n) is 13.4. The Bertz CT molecular complexity index is 1190. The molecular weight excluding hydrogens is 500 g/mol. The van der Waals surface area contributed by atoms with E-state index in [1.807, 2.05) is 47.4 Å². The number of likely N-dealkylation sites (tertiary alicyclic amines) is 1. The van der Waals surface area contributed by atoms with E-state index in [0.717, 1.165) is 53.3 Å². The number of amides is 2. The molecule has 2 amide bonds. The van der Waals surface area contributed by atoms with Gasteiger partial charge in [-0.15, -0.1) is 0 Å². The van der Waals surface area contributed by atoms with Crippen LogP contribution in [0.1, 0.15) is 55.8 Å². The molecule has 0 bridgehead atoms. The van der Waals surface area contributed by atoms with E-state index in [0.29, 0.717) is 25.9 Å². The Kier molecular flexibility index (Phi) is 9.45. The van der Waals surface area contributed by atoms with Crippen LogP contribution in [-0.4, -0.2) is 52.9 Å². The maximum Gasteiger partial charge on any atom is 0.245 e. The van der Waals surface area contributed by atoms with Crippen molar-refractivity contribution in [1.82, 2.24) is 20.2 Å². The summed E-state index contributed by atoms with van der Waals surface area (Å²) in [6.45, 7) is 3.39. The highest BCUT2D eigenvalue weighted by molar-refractivity contribution is 6.31. The highest BCUT2D eigenvalue weighted by atomic mass is 35.5. The van der Waals surface area contributed by atoms with Crippen molar-refractivity contribution in [3.63, 3.8) is 0 Å². The molecule has 8 heteroatoms. The second kappa shape index (κ2) is 13.0. The molecule has 0 saturated carbocycles. The number of benzene rings is 2. The third-order valence-electron chi connectivity index (χ3n) is 7.40. The van der Waals surface area contributed by atoms with E-state index >= 15 is 0 Å². The number of carbonyl (C=O) groups is 2. The molecule has 1 aromatic heterocycles. The van der Waals surface area contributed by atoms with Crippen LogP contribution in [0.5, 0.6) is 5.75 Å². The van der Waals surface area contributed by atoms with E-state index < -0.39 is 6.04 Å². The highest BCUT2D eigenvalue weighted by Gasteiger charge is 2.48. The summed E-state index contributed by atoms with van der Waals surface area (Å²) in [6.07, 6.45) is 8.90. The van der Waals surface area contributed by atoms with Gasteiger partial charge in [-0.05, 0) is 42.2 Å². The number of nitrogens with one attached hydrogen (secondary N) is 2. The third-order valence-corrected chi connectivity index (χ3v) is 7.73. The molecule has 0 spiro atoms. The van der Waals surface area contributed by atoms with Crippen LogP contribution in [-0.2, 0) is 27.8 Å². The number of H-pyrrole nitrogens is 1. The van der Waals surface area contributed by atoms with Crippen molar-refractivity contribution in [3.8, 4) is 5.75 Å². The van der Waals surface area contributed by atoms with Crippen molar-refractivity contribution in [2.75, 3.05) is 20.2 Å². The molecule has 2 heterocycles. The summed E-state index contributed by atoms with van der Waals surface area (Å²) in [5.41, 5.74) is 2.73. The number of unbranched alkanes of at least 4 members (excludes halogenated alkanes) is 2. The van der Waals surface area contributed by atoms with E-state index in [4.69, 9.17) is 16.3 Å². The van der Waals surface area contributed by atoms with Crippen LogP contribution in [0.15, 0.2) is 61.1 Å². The van der Waals surface area contributed by atoms with Gasteiger partial charge in [0, 0.05) is 42.6 Å². The molecule has 1 fully saturated rings. The summed E-state index contributed by atoms with van der Waals surface area (Å²) < 4.78 is 5.27. The predicted octanol–water partition coefficient (Wildman–Crippen LogP) is 5.09. The molecule has 1 aliphatic rings. The van der Waals surface area contributed by atoms with Crippen LogP contribution in [0.25, 0.3) is 0 Å². The summed E-state index contributed by atoms with van der Waals surface area (Å²) >= 11 is 6.62. The first kappa shape index (κ1) is 27.7. The maximum absolute atomic E-state index is 13.8. The van der Waals surface area contributed by atoms with E-state index in [2.05, 4.69) is 28.3 Å². The van der Waals surface area contributed by atoms with Crippen LogP contribution < -0.4 is 10.1 Å². The van der Waals surface area contributed by atoms with Crippen LogP contribution >= 0.6 is 11.6 Å². The lowest BCUT2D eigenvalue weighted by atomic mass is 9.70. The van der Waals surface area contributed by atoms with Gasteiger partial charge >= 0.3 is 0 Å². The number of carbonyl (C=O) groups excluding carboxylic acids is 2. The summed E-state index contributed by atoms with van der Waals surface area (Å²) in [5, 5.41) is 3.76. The predicted molar refractivity (Wildman–Crippen MR) is 149 cm³/mol. The average Bonchev–Trinajstić information content (AvgIpc) is 3.43. The molecule has 1 atom stereocenters. The van der Waals surface area contributed by atoms with E-state index in [9.17, 15) is 9.59 Å². The Hall–Kier alpha value is -3.32. The lowest BCUT2D eigenvalue weighted by Gasteiger charge is -2.52. The van der Waals surface area contributed by atoms with Gasteiger partial charge in [-0.3, -0.25) is 9.59 Å². The van der Waals surface area contributed by atoms with E-state index in [-0.39, 0.29) is 23.7 Å². The minimum absolute atomic E-state index is 0.0629. The van der Waals surface area contributed by atoms with Crippen LogP contribution in [0, 0.1) is 0 Å². The van der Waals surface area contributed by atoms with Crippen molar-refractivity contribution in [3.05, 3.63) is 82.9 Å². The van der Waals surface area contributed by atoms with Gasteiger partial charge in [0.2, 0.25) is 11.8 Å². The number of halogens is 1. The van der Waals surface area contributed by atoms with Gasteiger partial charge in [-0.25, -0.2) is 4.98 Å². The zero-order chi connectivity index (χ0) is 27.0. The standard InChI is InChI=1S/C30H37ClN4O3/c1-3-4-7-16-30(25-8-5-6-9-26(25)31)19-35(20-30)29(37)27(17-22-10-13-24(38-2)14-11-22)34-28(36)15-12-23-18-32-21-33-23/h5-6,8-11,13-14,18,21,27H,3-4,7,12,15-17,19-20H2,1-2H3,(H,32,33)(H,34,36). The number of imidazole rings is 1. The number of aromatic amines is 1. The molecule has 7 nitrogen and oxygen atoms in total. The molecule has 2 N–H and O–H groups in total. The smallest absolute Gasteiger partial charge is 0.245 e. The van der Waals surface area contributed by atoms with Gasteiger partial charge in [-0.2, -0.15) is 0 Å². The van der Waals surface area contributed by atoms with Crippen molar-refractivity contribution >= 4 is 23.4 Å². The number of rotatable bonds is 13. The second-order valence-corrected chi connectivity index (χ2v) is 10.6. The molecule has 3 aromatic rings. The lowest BCUT2D eigenvalue weighted by molar-refractivity contribution is -0.143. The fraction of sp³-hybridized carbons (Fsp3) is 0.433. The lowest BCUT2D eigenvalue weighted by Crippen LogP contribution is -2.65. The fourth-order valence-corrected chi connectivity index (χ4v) is 5.60. The van der Waals surface area contributed by atoms with Gasteiger partial charge in [0.15, 0.2) is 0 Å². The second-order valence-electron chi connectivity index (χ2n) is 10.1. The Morgan fingerprint density at radius 1 is 1.16 bits per heavy atom. The quantitative estimate of drug-likeness (QED) is 0.298. The van der Waals surface area contributed by atoms with Crippen LogP contribution in [0.3, 0.4) is 0 Å². The number of methoxy groups -OCH3 is 1. The molecule has 0 aliphatic carbocycles. The summed E-state index contributed by atoms with van der Waals surface area (Å²) in [5.74, 6) is 0.520.